The van der Waals surface area contributed by atoms with Crippen LogP contribution in [0.3, 0.4) is 0 Å². The molecule has 3 rings (SSSR count). The monoisotopic (exact) mass is 427 g/mol. The molecule has 0 saturated heterocycles. The molecule has 3 amide bonds. The molecule has 1 aromatic heterocycles. The van der Waals surface area contributed by atoms with Crippen molar-refractivity contribution >= 4 is 55.8 Å². The molecule has 0 fully saturated rings. The van der Waals surface area contributed by atoms with Gasteiger partial charge in [-0.2, -0.15) is 0 Å². The van der Waals surface area contributed by atoms with Gasteiger partial charge in [0.2, 0.25) is 11.8 Å². The van der Waals surface area contributed by atoms with Gasteiger partial charge in [0, 0.05) is 30.3 Å². The molecule has 10 nitrogen and oxygen atoms in total. The summed E-state index contributed by atoms with van der Waals surface area (Å²) in [6.45, 7) is 2.90. The van der Waals surface area contributed by atoms with E-state index in [1.54, 1.807) is 18.2 Å². The van der Waals surface area contributed by atoms with Gasteiger partial charge < -0.3 is 16.0 Å². The van der Waals surface area contributed by atoms with Gasteiger partial charge >= 0.3 is 0 Å². The Hall–Kier alpha value is -3.86. The Labute approximate surface area is 174 Å². The van der Waals surface area contributed by atoms with Crippen LogP contribution in [0.25, 0.3) is 10.2 Å². The van der Waals surface area contributed by atoms with Crippen LogP contribution in [-0.4, -0.2) is 33.7 Å². The van der Waals surface area contributed by atoms with E-state index in [2.05, 4.69) is 20.9 Å². The number of nitro benzene ring substituents is 1. The number of benzene rings is 2. The molecule has 11 heteroatoms. The summed E-state index contributed by atoms with van der Waals surface area (Å²) in [6.07, 6.45) is 0. The van der Waals surface area contributed by atoms with E-state index >= 15 is 0 Å². The van der Waals surface area contributed by atoms with E-state index in [9.17, 15) is 24.5 Å². The number of hydrogen-bond acceptors (Lipinski definition) is 7. The van der Waals surface area contributed by atoms with Crippen molar-refractivity contribution in [2.24, 2.45) is 0 Å². The summed E-state index contributed by atoms with van der Waals surface area (Å²) in [4.78, 5) is 50.4. The molecular formula is C19H17N5O5S. The van der Waals surface area contributed by atoms with Crippen molar-refractivity contribution in [1.29, 1.82) is 0 Å². The average molecular weight is 427 g/mol. The predicted molar refractivity (Wildman–Crippen MR) is 113 cm³/mol. The third-order valence-electron chi connectivity index (χ3n) is 4.00. The van der Waals surface area contributed by atoms with E-state index in [-0.39, 0.29) is 17.2 Å². The lowest BCUT2D eigenvalue weighted by atomic mass is 10.1. The molecule has 30 heavy (non-hydrogen) atoms. The van der Waals surface area contributed by atoms with Crippen molar-refractivity contribution in [2.75, 3.05) is 10.6 Å². The smallest absolute Gasteiger partial charge is 0.270 e. The molecule has 0 bridgehead atoms. The van der Waals surface area contributed by atoms with Crippen LogP contribution in [0.5, 0.6) is 0 Å². The van der Waals surface area contributed by atoms with E-state index in [1.807, 2.05) is 0 Å². The second kappa shape index (κ2) is 8.66. The molecule has 3 aromatic rings. The Morgan fingerprint density at radius 1 is 1.13 bits per heavy atom. The van der Waals surface area contributed by atoms with E-state index in [0.29, 0.717) is 16.3 Å². The number of fused-ring (bicyclic) bond motifs is 1. The number of nitrogens with zero attached hydrogens (tertiary/aromatic N) is 2. The number of nitro groups is 1. The average Bonchev–Trinajstić information content (AvgIpc) is 3.08. The van der Waals surface area contributed by atoms with Gasteiger partial charge in [0.1, 0.15) is 6.04 Å². The number of aromatic nitrogens is 1. The first-order valence-electron chi connectivity index (χ1n) is 8.77. The lowest BCUT2D eigenvalue weighted by molar-refractivity contribution is -0.384. The summed E-state index contributed by atoms with van der Waals surface area (Å²) in [5, 5.41) is 19.0. The fraction of sp³-hybridized carbons (Fsp3) is 0.158. The fourth-order valence-corrected chi connectivity index (χ4v) is 3.49. The Bertz CT molecular complexity index is 1160. The normalized spacial score (nSPS) is 11.5. The Morgan fingerprint density at radius 2 is 1.90 bits per heavy atom. The molecule has 154 valence electrons. The van der Waals surface area contributed by atoms with E-state index in [4.69, 9.17) is 0 Å². The summed E-state index contributed by atoms with van der Waals surface area (Å²) < 4.78 is 0.768. The van der Waals surface area contributed by atoms with E-state index in [0.717, 1.165) is 10.8 Å². The predicted octanol–water partition coefficient (Wildman–Crippen LogP) is 2.92. The molecule has 0 aliphatic heterocycles. The van der Waals surface area contributed by atoms with E-state index < -0.39 is 22.8 Å². The van der Waals surface area contributed by atoms with Gasteiger partial charge in [0.15, 0.2) is 5.13 Å². The first-order valence-corrected chi connectivity index (χ1v) is 9.59. The van der Waals surface area contributed by atoms with Crippen molar-refractivity contribution in [3.63, 3.8) is 0 Å². The summed E-state index contributed by atoms with van der Waals surface area (Å²) in [7, 11) is 0. The van der Waals surface area contributed by atoms with Crippen molar-refractivity contribution in [3.05, 3.63) is 58.1 Å². The highest BCUT2D eigenvalue weighted by Crippen LogP contribution is 2.28. The van der Waals surface area contributed by atoms with Crippen molar-refractivity contribution in [2.45, 2.75) is 19.9 Å². The van der Waals surface area contributed by atoms with Crippen LogP contribution in [0.2, 0.25) is 0 Å². The molecule has 0 aliphatic carbocycles. The fourth-order valence-electron chi connectivity index (χ4n) is 2.58. The molecule has 1 heterocycles. The van der Waals surface area contributed by atoms with Gasteiger partial charge in [0.25, 0.3) is 11.6 Å². The third-order valence-corrected chi connectivity index (χ3v) is 4.93. The zero-order valence-corrected chi connectivity index (χ0v) is 16.8. The van der Waals surface area contributed by atoms with Crippen LogP contribution in [0.1, 0.15) is 24.2 Å². The molecule has 0 saturated carbocycles. The van der Waals surface area contributed by atoms with Gasteiger partial charge in [-0.1, -0.05) is 17.4 Å². The van der Waals surface area contributed by atoms with Crippen LogP contribution in [0, 0.1) is 10.1 Å². The maximum Gasteiger partial charge on any atom is 0.270 e. The molecule has 0 spiro atoms. The molecule has 1 unspecified atom stereocenters. The summed E-state index contributed by atoms with van der Waals surface area (Å²) >= 11 is 1.22. The minimum absolute atomic E-state index is 0.0781. The molecule has 1 atom stereocenters. The number of rotatable bonds is 6. The van der Waals surface area contributed by atoms with Gasteiger partial charge in [0.05, 0.1) is 15.1 Å². The van der Waals surface area contributed by atoms with Crippen molar-refractivity contribution < 1.29 is 19.3 Å². The van der Waals surface area contributed by atoms with Crippen LogP contribution >= 0.6 is 11.3 Å². The van der Waals surface area contributed by atoms with Crippen LogP contribution in [0.4, 0.5) is 16.5 Å². The second-order valence-electron chi connectivity index (χ2n) is 6.37. The second-order valence-corrected chi connectivity index (χ2v) is 7.41. The highest BCUT2D eigenvalue weighted by molar-refractivity contribution is 7.22. The number of anilines is 2. The number of hydrogen-bond donors (Lipinski definition) is 3. The van der Waals surface area contributed by atoms with E-state index in [1.165, 1.54) is 43.4 Å². The first kappa shape index (κ1) is 20.9. The Balaban J connectivity index is 1.66. The minimum Gasteiger partial charge on any atom is -0.341 e. The van der Waals surface area contributed by atoms with Gasteiger partial charge in [-0.3, -0.25) is 24.5 Å². The van der Waals surface area contributed by atoms with Gasteiger partial charge in [-0.15, -0.1) is 0 Å². The largest absolute Gasteiger partial charge is 0.341 e. The molecule has 3 N–H and O–H groups in total. The lowest BCUT2D eigenvalue weighted by Gasteiger charge is -2.12. The van der Waals surface area contributed by atoms with Crippen LogP contribution < -0.4 is 16.0 Å². The highest BCUT2D eigenvalue weighted by atomic mass is 32.1. The number of nitrogens with one attached hydrogen (secondary N) is 3. The van der Waals surface area contributed by atoms with Crippen LogP contribution in [0.15, 0.2) is 42.5 Å². The van der Waals surface area contributed by atoms with Gasteiger partial charge in [-0.05, 0) is 31.2 Å². The zero-order chi connectivity index (χ0) is 21.8. The SMILES string of the molecule is CC(=O)Nc1ccc2nc(NC(=O)C(C)NC(=O)c3cccc([N+](=O)[O-])c3)sc2c1. The summed E-state index contributed by atoms with van der Waals surface area (Å²) in [5.74, 6) is -1.29. The highest BCUT2D eigenvalue weighted by Gasteiger charge is 2.19. The number of thiazole rings is 1. The summed E-state index contributed by atoms with van der Waals surface area (Å²) in [5.41, 5.74) is 1.13. The summed E-state index contributed by atoms with van der Waals surface area (Å²) in [6, 6.07) is 9.51. The molecule has 2 aromatic carbocycles. The number of amides is 3. The zero-order valence-electron chi connectivity index (χ0n) is 16.0. The molecular weight excluding hydrogens is 410 g/mol. The maximum atomic E-state index is 12.4. The molecule has 0 radical (unpaired) electrons. The number of carbonyl (C=O) groups excluding carboxylic acids is 3. The third kappa shape index (κ3) is 4.94. The molecule has 0 aliphatic rings. The Kier molecular flexibility index (Phi) is 6.02. The number of non-ortho nitro benzene ring substituents is 1. The topological polar surface area (TPSA) is 143 Å². The standard InChI is InChI=1S/C19H17N5O5S/c1-10(20-18(27)12-4-3-5-14(8-12)24(28)29)17(26)23-19-22-15-7-6-13(21-11(2)25)9-16(15)30-19/h3-10H,1-2H3,(H,20,27)(H,21,25)(H,22,23,26). The van der Waals surface area contributed by atoms with Crippen molar-refractivity contribution in [3.8, 4) is 0 Å². The van der Waals surface area contributed by atoms with Crippen molar-refractivity contribution in [1.82, 2.24) is 10.3 Å². The first-order chi connectivity index (χ1) is 14.2. The van der Waals surface area contributed by atoms with Gasteiger partial charge in [-0.25, -0.2) is 4.98 Å². The van der Waals surface area contributed by atoms with Crippen LogP contribution in [-0.2, 0) is 9.59 Å². The number of carbonyl (C=O) groups is 3. The lowest BCUT2D eigenvalue weighted by Crippen LogP contribution is -2.41. The minimum atomic E-state index is -0.904. The quantitative estimate of drug-likeness (QED) is 0.408. The Morgan fingerprint density at radius 3 is 2.60 bits per heavy atom. The maximum absolute atomic E-state index is 12.4.